The maximum absolute atomic E-state index is 12.2. The van der Waals surface area contributed by atoms with Crippen molar-refractivity contribution in [2.45, 2.75) is 19.1 Å². The Labute approximate surface area is 162 Å². The molecule has 142 valence electrons. The number of amides is 1. The lowest BCUT2D eigenvalue weighted by molar-refractivity contribution is -0.139. The monoisotopic (exact) mass is 376 g/mol. The number of hydrogen-bond donors (Lipinski definition) is 2. The molecule has 0 saturated carbocycles. The second kappa shape index (κ2) is 9.32. The molecular weight excluding hydrogens is 356 g/mol. The lowest BCUT2D eigenvalue weighted by Crippen LogP contribution is -2.42. The first-order valence-corrected chi connectivity index (χ1v) is 8.81. The molecule has 1 amide bonds. The summed E-state index contributed by atoms with van der Waals surface area (Å²) in [6.07, 6.45) is 3.09. The minimum Gasteiger partial charge on any atom is -0.489 e. The van der Waals surface area contributed by atoms with Crippen molar-refractivity contribution in [1.29, 1.82) is 0 Å². The predicted molar refractivity (Wildman–Crippen MR) is 104 cm³/mol. The Kier molecular flexibility index (Phi) is 6.36. The molecule has 2 N–H and O–H groups in total. The summed E-state index contributed by atoms with van der Waals surface area (Å²) in [7, 11) is 0. The first-order chi connectivity index (χ1) is 13.6. The quantitative estimate of drug-likeness (QED) is 0.631. The molecule has 1 atom stereocenters. The summed E-state index contributed by atoms with van der Waals surface area (Å²) in [6, 6.07) is 19.1. The van der Waals surface area contributed by atoms with Crippen LogP contribution in [-0.2, 0) is 17.8 Å². The van der Waals surface area contributed by atoms with Gasteiger partial charge in [0, 0.05) is 18.8 Å². The summed E-state index contributed by atoms with van der Waals surface area (Å²) in [5.41, 5.74) is 2.11. The van der Waals surface area contributed by atoms with Crippen LogP contribution in [0.2, 0.25) is 0 Å². The average molecular weight is 376 g/mol. The number of rotatable bonds is 8. The molecule has 0 aliphatic carbocycles. The summed E-state index contributed by atoms with van der Waals surface area (Å²) in [4.78, 5) is 27.7. The third kappa shape index (κ3) is 5.41. The van der Waals surface area contributed by atoms with E-state index in [1.807, 2.05) is 42.5 Å². The summed E-state index contributed by atoms with van der Waals surface area (Å²) in [5.74, 6) is -0.936. The molecule has 6 nitrogen and oxygen atoms in total. The van der Waals surface area contributed by atoms with E-state index in [0.717, 1.165) is 11.1 Å². The highest BCUT2D eigenvalue weighted by Gasteiger charge is 2.21. The Balaban J connectivity index is 1.64. The van der Waals surface area contributed by atoms with Gasteiger partial charge in [-0.1, -0.05) is 42.5 Å². The van der Waals surface area contributed by atoms with Crippen LogP contribution in [0.3, 0.4) is 0 Å². The van der Waals surface area contributed by atoms with Crippen molar-refractivity contribution in [3.8, 4) is 5.75 Å². The van der Waals surface area contributed by atoms with Gasteiger partial charge in [0.05, 0.1) is 5.56 Å². The topological polar surface area (TPSA) is 88.5 Å². The molecule has 3 rings (SSSR count). The molecule has 0 aliphatic heterocycles. The van der Waals surface area contributed by atoms with Gasteiger partial charge in [-0.3, -0.25) is 9.78 Å². The van der Waals surface area contributed by atoms with E-state index < -0.39 is 17.9 Å². The number of nitrogens with zero attached hydrogens (tertiary/aromatic N) is 1. The van der Waals surface area contributed by atoms with E-state index in [1.165, 1.54) is 6.20 Å². The fourth-order valence-electron chi connectivity index (χ4n) is 2.68. The van der Waals surface area contributed by atoms with Gasteiger partial charge in [0.2, 0.25) is 0 Å². The van der Waals surface area contributed by atoms with Gasteiger partial charge in [0.25, 0.3) is 5.91 Å². The third-order valence-corrected chi connectivity index (χ3v) is 4.11. The fourth-order valence-corrected chi connectivity index (χ4v) is 2.68. The van der Waals surface area contributed by atoms with Crippen molar-refractivity contribution in [2.24, 2.45) is 0 Å². The van der Waals surface area contributed by atoms with Gasteiger partial charge in [-0.2, -0.15) is 0 Å². The second-order valence-corrected chi connectivity index (χ2v) is 6.23. The summed E-state index contributed by atoms with van der Waals surface area (Å²) in [6.45, 7) is 0.421. The Bertz CT molecular complexity index is 930. The number of nitrogens with one attached hydrogen (secondary N) is 1. The van der Waals surface area contributed by atoms with Crippen LogP contribution in [0.1, 0.15) is 21.5 Å². The summed E-state index contributed by atoms with van der Waals surface area (Å²) in [5, 5.41) is 12.0. The van der Waals surface area contributed by atoms with E-state index in [1.54, 1.807) is 30.5 Å². The lowest BCUT2D eigenvalue weighted by atomic mass is 10.1. The molecule has 0 fully saturated rings. The van der Waals surface area contributed by atoms with Gasteiger partial charge < -0.3 is 15.2 Å². The zero-order chi connectivity index (χ0) is 19.8. The molecular formula is C22H20N2O4. The van der Waals surface area contributed by atoms with Gasteiger partial charge in [0.15, 0.2) is 0 Å². The van der Waals surface area contributed by atoms with E-state index in [9.17, 15) is 14.7 Å². The number of carbonyl (C=O) groups is 2. The van der Waals surface area contributed by atoms with Gasteiger partial charge in [-0.05, 0) is 35.4 Å². The molecule has 0 aliphatic rings. The van der Waals surface area contributed by atoms with E-state index >= 15 is 0 Å². The molecule has 0 unspecified atom stereocenters. The van der Waals surface area contributed by atoms with Crippen LogP contribution in [0, 0.1) is 0 Å². The van der Waals surface area contributed by atoms with Crippen LogP contribution in [0.4, 0.5) is 0 Å². The van der Waals surface area contributed by atoms with Crippen LogP contribution in [0.25, 0.3) is 0 Å². The standard InChI is InChI=1S/C22H20N2O4/c25-21(18-9-5-11-23-14-18)24-20(22(26)27)13-17-8-4-10-19(12-17)28-15-16-6-2-1-3-7-16/h1-12,14,20H,13,15H2,(H,24,25)(H,26,27)/t20-/m0/s1. The molecule has 0 bridgehead atoms. The number of carboxylic acid groups (broad SMARTS) is 1. The van der Waals surface area contributed by atoms with Gasteiger partial charge in [0.1, 0.15) is 18.4 Å². The normalized spacial score (nSPS) is 11.4. The molecule has 6 heteroatoms. The second-order valence-electron chi connectivity index (χ2n) is 6.23. The number of hydrogen-bond acceptors (Lipinski definition) is 4. The van der Waals surface area contributed by atoms with E-state index in [2.05, 4.69) is 10.3 Å². The first kappa shape index (κ1) is 19.1. The maximum Gasteiger partial charge on any atom is 0.326 e. The van der Waals surface area contributed by atoms with Crippen molar-refractivity contribution in [2.75, 3.05) is 0 Å². The Morgan fingerprint density at radius 3 is 2.50 bits per heavy atom. The van der Waals surface area contributed by atoms with Crippen LogP contribution in [0.5, 0.6) is 5.75 Å². The van der Waals surface area contributed by atoms with Gasteiger partial charge in [-0.25, -0.2) is 4.79 Å². The van der Waals surface area contributed by atoms with Gasteiger partial charge >= 0.3 is 5.97 Å². The molecule has 0 saturated heterocycles. The number of aliphatic carboxylic acids is 1. The van der Waals surface area contributed by atoms with E-state index in [-0.39, 0.29) is 6.42 Å². The minimum absolute atomic E-state index is 0.143. The van der Waals surface area contributed by atoms with Crippen LogP contribution in [0.15, 0.2) is 79.1 Å². The minimum atomic E-state index is -1.10. The Morgan fingerprint density at radius 1 is 1.00 bits per heavy atom. The largest absolute Gasteiger partial charge is 0.489 e. The molecule has 3 aromatic rings. The van der Waals surface area contributed by atoms with Crippen LogP contribution < -0.4 is 10.1 Å². The zero-order valence-electron chi connectivity index (χ0n) is 15.1. The number of benzene rings is 2. The van der Waals surface area contributed by atoms with Crippen molar-refractivity contribution >= 4 is 11.9 Å². The first-order valence-electron chi connectivity index (χ1n) is 8.81. The van der Waals surface area contributed by atoms with Crippen molar-refractivity contribution in [3.63, 3.8) is 0 Å². The molecule has 0 spiro atoms. The number of carboxylic acids is 1. The van der Waals surface area contributed by atoms with E-state index in [4.69, 9.17) is 4.74 Å². The Morgan fingerprint density at radius 2 is 1.79 bits per heavy atom. The summed E-state index contributed by atoms with van der Waals surface area (Å²) < 4.78 is 5.78. The van der Waals surface area contributed by atoms with Gasteiger partial charge in [-0.15, -0.1) is 0 Å². The number of pyridine rings is 1. The molecule has 1 aromatic heterocycles. The highest BCUT2D eigenvalue weighted by Crippen LogP contribution is 2.17. The molecule has 2 aromatic carbocycles. The summed E-state index contributed by atoms with van der Waals surface area (Å²) >= 11 is 0. The predicted octanol–water partition coefficient (Wildman–Crippen LogP) is 3.09. The number of carbonyl (C=O) groups excluding carboxylic acids is 1. The smallest absolute Gasteiger partial charge is 0.326 e. The van der Waals surface area contributed by atoms with Crippen molar-refractivity contribution < 1.29 is 19.4 Å². The van der Waals surface area contributed by atoms with E-state index in [0.29, 0.717) is 17.9 Å². The number of ether oxygens (including phenoxy) is 1. The Hall–Kier alpha value is -3.67. The van der Waals surface area contributed by atoms with Crippen molar-refractivity contribution in [1.82, 2.24) is 10.3 Å². The van der Waals surface area contributed by atoms with Crippen LogP contribution in [-0.4, -0.2) is 28.0 Å². The average Bonchev–Trinajstić information content (AvgIpc) is 2.73. The highest BCUT2D eigenvalue weighted by molar-refractivity contribution is 5.96. The fraction of sp³-hybridized carbons (Fsp3) is 0.136. The third-order valence-electron chi connectivity index (χ3n) is 4.11. The molecule has 1 heterocycles. The zero-order valence-corrected chi connectivity index (χ0v) is 15.1. The number of aromatic nitrogens is 1. The van der Waals surface area contributed by atoms with Crippen LogP contribution >= 0.6 is 0 Å². The highest BCUT2D eigenvalue weighted by atomic mass is 16.5. The lowest BCUT2D eigenvalue weighted by Gasteiger charge is -2.15. The molecule has 28 heavy (non-hydrogen) atoms. The molecule has 0 radical (unpaired) electrons. The van der Waals surface area contributed by atoms with Crippen molar-refractivity contribution in [3.05, 3.63) is 95.8 Å². The maximum atomic E-state index is 12.2. The SMILES string of the molecule is O=C(N[C@@H](Cc1cccc(OCc2ccccc2)c1)C(=O)O)c1cccnc1.